The second-order valence-electron chi connectivity index (χ2n) is 4.43. The summed E-state index contributed by atoms with van der Waals surface area (Å²) in [5.74, 6) is 0.439. The van der Waals surface area contributed by atoms with Crippen molar-refractivity contribution in [2.24, 2.45) is 0 Å². The van der Waals surface area contributed by atoms with Gasteiger partial charge in [0.05, 0.1) is 18.0 Å². The molecule has 102 valence electrons. The van der Waals surface area contributed by atoms with Crippen molar-refractivity contribution in [1.82, 2.24) is 20.2 Å². The van der Waals surface area contributed by atoms with Crippen LogP contribution in [0.15, 0.2) is 16.7 Å². The molecule has 2 aromatic rings. The Labute approximate surface area is 110 Å². The molecule has 1 atom stereocenters. The van der Waals surface area contributed by atoms with Crippen LogP contribution in [-0.4, -0.2) is 31.3 Å². The monoisotopic (exact) mass is 264 g/mol. The number of carboxylic acid groups (broad SMARTS) is 1. The minimum atomic E-state index is -0.858. The first-order chi connectivity index (χ1) is 9.11. The quantitative estimate of drug-likeness (QED) is 0.858. The number of furan rings is 1. The highest BCUT2D eigenvalue weighted by Gasteiger charge is 2.21. The Bertz CT molecular complexity index is 561. The fourth-order valence-corrected chi connectivity index (χ4v) is 2.04. The van der Waals surface area contributed by atoms with E-state index in [0.717, 1.165) is 17.7 Å². The summed E-state index contributed by atoms with van der Waals surface area (Å²) in [6.45, 7) is 3.83. The summed E-state index contributed by atoms with van der Waals surface area (Å²) in [7, 11) is 0. The molecular formula is C12H16N4O3. The third-order valence-corrected chi connectivity index (χ3v) is 2.86. The van der Waals surface area contributed by atoms with Crippen LogP contribution < -0.4 is 0 Å². The lowest BCUT2D eigenvalue weighted by Gasteiger charge is -2.14. The van der Waals surface area contributed by atoms with Gasteiger partial charge in [0.1, 0.15) is 12.0 Å². The summed E-state index contributed by atoms with van der Waals surface area (Å²) in [6.07, 6.45) is 3.15. The van der Waals surface area contributed by atoms with Crippen molar-refractivity contribution in [2.45, 2.75) is 39.2 Å². The Balaban J connectivity index is 2.33. The maximum atomic E-state index is 10.9. The molecule has 7 heteroatoms. The molecule has 0 aliphatic heterocycles. The van der Waals surface area contributed by atoms with Crippen LogP contribution in [0.5, 0.6) is 0 Å². The number of tetrazole rings is 1. The Kier molecular flexibility index (Phi) is 3.94. The topological polar surface area (TPSA) is 94.0 Å². The minimum Gasteiger partial charge on any atom is -0.481 e. The van der Waals surface area contributed by atoms with E-state index in [0.29, 0.717) is 12.2 Å². The zero-order valence-corrected chi connectivity index (χ0v) is 10.9. The smallest absolute Gasteiger partial charge is 0.305 e. The fourth-order valence-electron chi connectivity index (χ4n) is 2.04. The molecule has 0 aliphatic rings. The van der Waals surface area contributed by atoms with E-state index >= 15 is 0 Å². The van der Waals surface area contributed by atoms with E-state index in [1.54, 1.807) is 10.9 Å². The maximum absolute atomic E-state index is 10.9. The van der Waals surface area contributed by atoms with Crippen LogP contribution >= 0.6 is 0 Å². The summed E-state index contributed by atoms with van der Waals surface area (Å²) in [5, 5.41) is 20.5. The zero-order chi connectivity index (χ0) is 13.8. The summed E-state index contributed by atoms with van der Waals surface area (Å²) < 4.78 is 6.81. The second-order valence-corrected chi connectivity index (χ2v) is 4.43. The SMILES string of the molecule is CCCC(CC(=O)O)n1nnnc1-c1coc(C)c1. The largest absolute Gasteiger partial charge is 0.481 e. The number of hydrogen-bond donors (Lipinski definition) is 1. The van der Waals surface area contributed by atoms with E-state index < -0.39 is 5.97 Å². The van der Waals surface area contributed by atoms with Gasteiger partial charge in [-0.1, -0.05) is 13.3 Å². The van der Waals surface area contributed by atoms with Gasteiger partial charge in [0.15, 0.2) is 5.82 Å². The van der Waals surface area contributed by atoms with Crippen molar-refractivity contribution in [3.63, 3.8) is 0 Å². The normalized spacial score (nSPS) is 12.5. The van der Waals surface area contributed by atoms with Crippen LogP contribution in [0.2, 0.25) is 0 Å². The first-order valence-corrected chi connectivity index (χ1v) is 6.17. The van der Waals surface area contributed by atoms with Gasteiger partial charge in [-0.25, -0.2) is 4.68 Å². The van der Waals surface area contributed by atoms with Crippen LogP contribution in [0.25, 0.3) is 11.4 Å². The van der Waals surface area contributed by atoms with Gasteiger partial charge in [-0.15, -0.1) is 5.10 Å². The molecule has 0 spiro atoms. The highest BCUT2D eigenvalue weighted by atomic mass is 16.4. The average molecular weight is 264 g/mol. The molecule has 0 bridgehead atoms. The minimum absolute atomic E-state index is 0.00269. The third kappa shape index (κ3) is 2.98. The lowest BCUT2D eigenvalue weighted by molar-refractivity contribution is -0.138. The molecule has 0 aliphatic carbocycles. The first kappa shape index (κ1) is 13.3. The molecule has 2 rings (SSSR count). The predicted octanol–water partition coefficient (Wildman–Crippen LogP) is 2.06. The molecule has 0 radical (unpaired) electrons. The van der Waals surface area contributed by atoms with Gasteiger partial charge in [0.25, 0.3) is 0 Å². The van der Waals surface area contributed by atoms with Crippen molar-refractivity contribution < 1.29 is 14.3 Å². The highest BCUT2D eigenvalue weighted by molar-refractivity contribution is 5.67. The number of rotatable bonds is 6. The van der Waals surface area contributed by atoms with Gasteiger partial charge >= 0.3 is 5.97 Å². The van der Waals surface area contributed by atoms with E-state index in [9.17, 15) is 4.79 Å². The Morgan fingerprint density at radius 1 is 1.58 bits per heavy atom. The number of aliphatic carboxylic acids is 1. The summed E-state index contributed by atoms with van der Waals surface area (Å²) in [5.41, 5.74) is 0.758. The van der Waals surface area contributed by atoms with Gasteiger partial charge in [-0.05, 0) is 29.8 Å². The molecule has 0 fully saturated rings. The van der Waals surface area contributed by atoms with Crippen LogP contribution in [0, 0.1) is 6.92 Å². The van der Waals surface area contributed by atoms with Gasteiger partial charge in [0.2, 0.25) is 0 Å². The lowest BCUT2D eigenvalue weighted by atomic mass is 10.1. The van der Waals surface area contributed by atoms with Gasteiger partial charge in [-0.3, -0.25) is 4.79 Å². The van der Waals surface area contributed by atoms with Crippen LogP contribution in [0.1, 0.15) is 38.0 Å². The average Bonchev–Trinajstić information content (AvgIpc) is 2.95. The summed E-state index contributed by atoms with van der Waals surface area (Å²) in [6, 6.07) is 1.58. The molecule has 0 saturated carbocycles. The maximum Gasteiger partial charge on any atom is 0.305 e. The summed E-state index contributed by atoms with van der Waals surface area (Å²) >= 11 is 0. The van der Waals surface area contributed by atoms with E-state index in [4.69, 9.17) is 9.52 Å². The predicted molar refractivity (Wildman–Crippen MR) is 66.5 cm³/mol. The number of hydrogen-bond acceptors (Lipinski definition) is 5. The van der Waals surface area contributed by atoms with E-state index in [1.807, 2.05) is 19.9 Å². The molecule has 19 heavy (non-hydrogen) atoms. The molecule has 0 amide bonds. The van der Waals surface area contributed by atoms with Gasteiger partial charge < -0.3 is 9.52 Å². The zero-order valence-electron chi connectivity index (χ0n) is 10.9. The first-order valence-electron chi connectivity index (χ1n) is 6.17. The number of nitrogens with zero attached hydrogens (tertiary/aromatic N) is 4. The Morgan fingerprint density at radius 2 is 2.37 bits per heavy atom. The number of carboxylic acids is 1. The molecule has 0 aromatic carbocycles. The molecule has 7 nitrogen and oxygen atoms in total. The Hall–Kier alpha value is -2.18. The van der Waals surface area contributed by atoms with Crippen molar-refractivity contribution in [3.05, 3.63) is 18.1 Å². The Morgan fingerprint density at radius 3 is 2.95 bits per heavy atom. The van der Waals surface area contributed by atoms with Crippen molar-refractivity contribution >= 4 is 5.97 Å². The third-order valence-electron chi connectivity index (χ3n) is 2.86. The van der Waals surface area contributed by atoms with E-state index in [-0.39, 0.29) is 12.5 Å². The molecular weight excluding hydrogens is 248 g/mol. The summed E-state index contributed by atoms with van der Waals surface area (Å²) in [4.78, 5) is 10.9. The molecule has 1 N–H and O–H groups in total. The van der Waals surface area contributed by atoms with Crippen molar-refractivity contribution in [1.29, 1.82) is 0 Å². The number of aromatic nitrogens is 4. The fraction of sp³-hybridized carbons (Fsp3) is 0.500. The molecule has 1 unspecified atom stereocenters. The second kappa shape index (κ2) is 5.64. The number of aryl methyl sites for hydroxylation is 1. The van der Waals surface area contributed by atoms with E-state index in [2.05, 4.69) is 15.5 Å². The van der Waals surface area contributed by atoms with Gasteiger partial charge in [0, 0.05) is 0 Å². The van der Waals surface area contributed by atoms with Crippen molar-refractivity contribution in [2.75, 3.05) is 0 Å². The molecule has 2 aromatic heterocycles. The number of carbonyl (C=O) groups is 1. The standard InChI is InChI=1S/C12H16N4O3/c1-3-4-10(6-11(17)18)16-12(13-14-15-16)9-5-8(2)19-7-9/h5,7,10H,3-4,6H2,1-2H3,(H,17,18). The van der Waals surface area contributed by atoms with Crippen LogP contribution in [-0.2, 0) is 4.79 Å². The lowest BCUT2D eigenvalue weighted by Crippen LogP contribution is -2.16. The van der Waals surface area contributed by atoms with E-state index in [1.165, 1.54) is 0 Å². The van der Waals surface area contributed by atoms with Crippen LogP contribution in [0.4, 0.5) is 0 Å². The van der Waals surface area contributed by atoms with Gasteiger partial charge in [-0.2, -0.15) is 0 Å². The highest BCUT2D eigenvalue weighted by Crippen LogP contribution is 2.25. The van der Waals surface area contributed by atoms with Crippen molar-refractivity contribution in [3.8, 4) is 11.4 Å². The molecule has 2 heterocycles. The van der Waals surface area contributed by atoms with Crippen LogP contribution in [0.3, 0.4) is 0 Å². The molecule has 0 saturated heterocycles.